The van der Waals surface area contributed by atoms with Gasteiger partial charge in [0.2, 0.25) is 11.8 Å². The first kappa shape index (κ1) is 15.1. The fourth-order valence-corrected chi connectivity index (χ4v) is 2.28. The number of hydrogen-bond donors (Lipinski definition) is 1. The minimum Gasteiger partial charge on any atom is -0.490 e. The lowest BCUT2D eigenvalue weighted by atomic mass is 10.1. The Bertz CT molecular complexity index is 685. The summed E-state index contributed by atoms with van der Waals surface area (Å²) in [6, 6.07) is 9.02. The van der Waals surface area contributed by atoms with Crippen LogP contribution in [0.4, 0.5) is 5.69 Å². The van der Waals surface area contributed by atoms with E-state index in [0.717, 1.165) is 17.7 Å². The molecule has 1 aliphatic rings. The second-order valence-corrected chi connectivity index (χ2v) is 5.15. The number of carbonyl (C=O) groups excluding carboxylic acids is 1. The van der Waals surface area contributed by atoms with Gasteiger partial charge in [-0.25, -0.2) is 4.98 Å². The number of aromatic nitrogens is 1. The number of anilines is 1. The molecule has 0 aliphatic carbocycles. The number of carbonyl (C=O) groups is 1. The van der Waals surface area contributed by atoms with Crippen molar-refractivity contribution in [1.29, 1.82) is 0 Å². The van der Waals surface area contributed by atoms with Gasteiger partial charge in [-0.3, -0.25) is 4.79 Å². The smallest absolute Gasteiger partial charge is 0.228 e. The zero-order valence-corrected chi connectivity index (χ0v) is 12.9. The number of benzene rings is 1. The van der Waals surface area contributed by atoms with Crippen molar-refractivity contribution < 1.29 is 19.0 Å². The fraction of sp³-hybridized carbons (Fsp3) is 0.294. The predicted octanol–water partition coefficient (Wildman–Crippen LogP) is 2.43. The van der Waals surface area contributed by atoms with Gasteiger partial charge in [0.1, 0.15) is 0 Å². The van der Waals surface area contributed by atoms with Gasteiger partial charge in [-0.05, 0) is 23.8 Å². The minimum atomic E-state index is -0.119. The van der Waals surface area contributed by atoms with Crippen LogP contribution in [0.2, 0.25) is 0 Å². The van der Waals surface area contributed by atoms with Crippen LogP contribution < -0.4 is 19.5 Å². The molecule has 1 aliphatic heterocycles. The van der Waals surface area contributed by atoms with E-state index < -0.39 is 0 Å². The fourth-order valence-electron chi connectivity index (χ4n) is 2.28. The number of rotatable bonds is 4. The van der Waals surface area contributed by atoms with Crippen molar-refractivity contribution in [2.24, 2.45) is 0 Å². The number of methoxy groups -OCH3 is 1. The van der Waals surface area contributed by atoms with Crippen molar-refractivity contribution in [3.8, 4) is 17.4 Å². The van der Waals surface area contributed by atoms with Gasteiger partial charge < -0.3 is 19.5 Å². The normalized spacial score (nSPS) is 13.1. The van der Waals surface area contributed by atoms with E-state index in [9.17, 15) is 4.79 Å². The molecule has 0 bridgehead atoms. The molecule has 1 N–H and O–H groups in total. The number of fused-ring (bicyclic) bond motifs is 1. The van der Waals surface area contributed by atoms with Crippen molar-refractivity contribution in [3.63, 3.8) is 0 Å². The molecule has 1 aromatic heterocycles. The molecule has 0 spiro atoms. The first-order chi connectivity index (χ1) is 11.2. The maximum absolute atomic E-state index is 12.1. The minimum absolute atomic E-state index is 0.119. The van der Waals surface area contributed by atoms with Crippen LogP contribution in [0.5, 0.6) is 17.4 Å². The SMILES string of the molecule is COc1ccc(NC(=O)Cc2ccc3c(c2)OCCCO3)cn1. The molecular weight excluding hydrogens is 296 g/mol. The number of hydrogen-bond acceptors (Lipinski definition) is 5. The topological polar surface area (TPSA) is 69.7 Å². The third-order valence-electron chi connectivity index (χ3n) is 3.41. The van der Waals surface area contributed by atoms with E-state index in [1.54, 1.807) is 25.4 Å². The van der Waals surface area contributed by atoms with Gasteiger partial charge in [-0.15, -0.1) is 0 Å². The van der Waals surface area contributed by atoms with E-state index in [1.807, 2.05) is 18.2 Å². The molecule has 3 rings (SSSR count). The molecule has 0 radical (unpaired) electrons. The molecule has 120 valence electrons. The van der Waals surface area contributed by atoms with Crippen LogP contribution in [0.15, 0.2) is 36.5 Å². The second-order valence-electron chi connectivity index (χ2n) is 5.15. The average molecular weight is 314 g/mol. The lowest BCUT2D eigenvalue weighted by molar-refractivity contribution is -0.115. The first-order valence-electron chi connectivity index (χ1n) is 7.43. The highest BCUT2D eigenvalue weighted by Gasteiger charge is 2.12. The van der Waals surface area contributed by atoms with Crippen LogP contribution >= 0.6 is 0 Å². The molecule has 2 aromatic rings. The maximum Gasteiger partial charge on any atom is 0.228 e. The Hall–Kier alpha value is -2.76. The molecule has 0 saturated heterocycles. The zero-order valence-electron chi connectivity index (χ0n) is 12.9. The number of ether oxygens (including phenoxy) is 3. The third kappa shape index (κ3) is 3.91. The Morgan fingerprint density at radius 2 is 2.04 bits per heavy atom. The van der Waals surface area contributed by atoms with Gasteiger partial charge in [-0.1, -0.05) is 6.07 Å². The molecule has 6 nitrogen and oxygen atoms in total. The highest BCUT2D eigenvalue weighted by Crippen LogP contribution is 2.30. The van der Waals surface area contributed by atoms with Gasteiger partial charge >= 0.3 is 0 Å². The molecule has 2 heterocycles. The molecule has 1 amide bonds. The summed E-state index contributed by atoms with van der Waals surface area (Å²) in [7, 11) is 1.55. The van der Waals surface area contributed by atoms with Crippen LogP contribution in [0, 0.1) is 0 Å². The van der Waals surface area contributed by atoms with E-state index in [0.29, 0.717) is 30.5 Å². The predicted molar refractivity (Wildman–Crippen MR) is 85.2 cm³/mol. The average Bonchev–Trinajstić information content (AvgIpc) is 2.80. The van der Waals surface area contributed by atoms with Crippen LogP contribution in [0.3, 0.4) is 0 Å². The lowest BCUT2D eigenvalue weighted by Gasteiger charge is -2.10. The van der Waals surface area contributed by atoms with Crippen LogP contribution in [0.1, 0.15) is 12.0 Å². The number of pyridine rings is 1. The third-order valence-corrected chi connectivity index (χ3v) is 3.41. The Morgan fingerprint density at radius 3 is 2.78 bits per heavy atom. The number of amides is 1. The van der Waals surface area contributed by atoms with Gasteiger partial charge in [0.05, 0.1) is 38.6 Å². The summed E-state index contributed by atoms with van der Waals surface area (Å²) >= 11 is 0. The highest BCUT2D eigenvalue weighted by molar-refractivity contribution is 5.92. The monoisotopic (exact) mass is 314 g/mol. The largest absolute Gasteiger partial charge is 0.490 e. The summed E-state index contributed by atoms with van der Waals surface area (Å²) < 4.78 is 16.2. The Balaban J connectivity index is 1.64. The standard InChI is InChI=1S/C17H18N2O4/c1-21-17-6-4-13(11-18-17)19-16(20)10-12-3-5-14-15(9-12)23-8-2-7-22-14/h3-6,9,11H,2,7-8,10H2,1H3,(H,19,20). The molecule has 6 heteroatoms. The summed E-state index contributed by atoms with van der Waals surface area (Å²) in [5.41, 5.74) is 1.50. The Labute approximate surface area is 134 Å². The van der Waals surface area contributed by atoms with Gasteiger partial charge in [0.25, 0.3) is 0 Å². The zero-order chi connectivity index (χ0) is 16.1. The maximum atomic E-state index is 12.1. The Kier molecular flexibility index (Phi) is 4.61. The number of nitrogens with zero attached hydrogens (tertiary/aromatic N) is 1. The molecule has 0 fully saturated rings. The first-order valence-corrected chi connectivity index (χ1v) is 7.43. The molecule has 23 heavy (non-hydrogen) atoms. The van der Waals surface area contributed by atoms with Crippen LogP contribution in [-0.2, 0) is 11.2 Å². The van der Waals surface area contributed by atoms with Crippen molar-refractivity contribution in [1.82, 2.24) is 4.98 Å². The summed E-state index contributed by atoms with van der Waals surface area (Å²) in [5.74, 6) is 1.81. The summed E-state index contributed by atoms with van der Waals surface area (Å²) in [6.45, 7) is 1.28. The molecular formula is C17H18N2O4. The van der Waals surface area contributed by atoms with Crippen molar-refractivity contribution in [3.05, 3.63) is 42.1 Å². The number of nitrogens with one attached hydrogen (secondary N) is 1. The van der Waals surface area contributed by atoms with Crippen molar-refractivity contribution in [2.45, 2.75) is 12.8 Å². The summed E-state index contributed by atoms with van der Waals surface area (Å²) in [5, 5.41) is 2.81. The summed E-state index contributed by atoms with van der Waals surface area (Å²) in [4.78, 5) is 16.2. The van der Waals surface area contributed by atoms with E-state index in [4.69, 9.17) is 14.2 Å². The summed E-state index contributed by atoms with van der Waals surface area (Å²) in [6.07, 6.45) is 2.67. The van der Waals surface area contributed by atoms with Gasteiger partial charge in [0, 0.05) is 12.5 Å². The molecule has 0 unspecified atom stereocenters. The lowest BCUT2D eigenvalue weighted by Crippen LogP contribution is -2.14. The van der Waals surface area contributed by atoms with Gasteiger partial charge in [-0.2, -0.15) is 0 Å². The molecule has 0 saturated carbocycles. The van der Waals surface area contributed by atoms with Crippen molar-refractivity contribution >= 4 is 11.6 Å². The van der Waals surface area contributed by atoms with Gasteiger partial charge in [0.15, 0.2) is 11.5 Å². The second kappa shape index (κ2) is 7.00. The van der Waals surface area contributed by atoms with E-state index in [1.165, 1.54) is 0 Å². The van der Waals surface area contributed by atoms with Crippen molar-refractivity contribution in [2.75, 3.05) is 25.6 Å². The van der Waals surface area contributed by atoms with Crippen LogP contribution in [0.25, 0.3) is 0 Å². The van der Waals surface area contributed by atoms with E-state index in [2.05, 4.69) is 10.3 Å². The Morgan fingerprint density at radius 1 is 1.22 bits per heavy atom. The highest BCUT2D eigenvalue weighted by atomic mass is 16.5. The quantitative estimate of drug-likeness (QED) is 0.938. The van der Waals surface area contributed by atoms with E-state index in [-0.39, 0.29) is 12.3 Å². The molecule has 1 aromatic carbocycles. The van der Waals surface area contributed by atoms with E-state index >= 15 is 0 Å². The molecule has 0 atom stereocenters. The van der Waals surface area contributed by atoms with Crippen LogP contribution in [-0.4, -0.2) is 31.2 Å².